The third-order valence-electron chi connectivity index (χ3n) is 5.17. The third-order valence-corrected chi connectivity index (χ3v) is 5.17. The maximum absolute atomic E-state index is 12.2. The van der Waals surface area contributed by atoms with Crippen LogP contribution in [-0.4, -0.2) is 48.6 Å². The van der Waals surface area contributed by atoms with Gasteiger partial charge in [-0.25, -0.2) is 0 Å². The Hall–Kier alpha value is -0.610. The lowest BCUT2D eigenvalue weighted by Gasteiger charge is -2.37. The molecule has 4 heteroatoms. The highest BCUT2D eigenvalue weighted by atomic mass is 16.2. The molecule has 2 rings (SSSR count). The second kappa shape index (κ2) is 7.41. The van der Waals surface area contributed by atoms with Crippen molar-refractivity contribution in [2.45, 2.75) is 71.0 Å². The van der Waals surface area contributed by atoms with Crippen LogP contribution in [0.25, 0.3) is 0 Å². The molecule has 2 fully saturated rings. The maximum Gasteiger partial charge on any atom is 0.237 e. The zero-order valence-electron chi connectivity index (χ0n) is 13.3. The highest BCUT2D eigenvalue weighted by Gasteiger charge is 2.31. The van der Waals surface area contributed by atoms with Gasteiger partial charge in [-0.05, 0) is 71.5 Å². The number of nitrogens with one attached hydrogen (secondary N) is 2. The Morgan fingerprint density at radius 2 is 2.00 bits per heavy atom. The molecule has 2 aliphatic rings. The first-order valence-electron chi connectivity index (χ1n) is 8.39. The zero-order valence-corrected chi connectivity index (χ0v) is 13.3. The van der Waals surface area contributed by atoms with Crippen LogP contribution in [-0.2, 0) is 4.79 Å². The fraction of sp³-hybridized carbons (Fsp3) is 0.938. The van der Waals surface area contributed by atoms with Crippen LogP contribution in [0.15, 0.2) is 0 Å². The Balaban J connectivity index is 1.76. The van der Waals surface area contributed by atoms with Gasteiger partial charge in [-0.2, -0.15) is 0 Å². The van der Waals surface area contributed by atoms with Crippen molar-refractivity contribution in [2.24, 2.45) is 5.92 Å². The first-order valence-corrected chi connectivity index (χ1v) is 8.39. The largest absolute Gasteiger partial charge is 0.352 e. The summed E-state index contributed by atoms with van der Waals surface area (Å²) in [5.74, 6) is 1.01. The van der Waals surface area contributed by atoms with Crippen molar-refractivity contribution in [3.63, 3.8) is 0 Å². The molecule has 3 unspecified atom stereocenters. The number of amides is 1. The molecule has 0 saturated carbocycles. The van der Waals surface area contributed by atoms with Crippen molar-refractivity contribution < 1.29 is 4.79 Å². The quantitative estimate of drug-likeness (QED) is 0.807. The molecule has 3 atom stereocenters. The number of nitrogens with zero attached hydrogens (tertiary/aromatic N) is 1. The van der Waals surface area contributed by atoms with E-state index in [0.29, 0.717) is 0 Å². The smallest absolute Gasteiger partial charge is 0.237 e. The van der Waals surface area contributed by atoms with E-state index in [1.165, 1.54) is 32.2 Å². The normalized spacial score (nSPS) is 28.2. The van der Waals surface area contributed by atoms with Gasteiger partial charge in [0.15, 0.2) is 0 Å². The van der Waals surface area contributed by atoms with E-state index >= 15 is 0 Å². The van der Waals surface area contributed by atoms with Gasteiger partial charge in [-0.15, -0.1) is 0 Å². The lowest BCUT2D eigenvalue weighted by Crippen LogP contribution is -2.51. The maximum atomic E-state index is 12.2. The molecule has 0 aromatic heterocycles. The summed E-state index contributed by atoms with van der Waals surface area (Å²) in [7, 11) is 0. The first kappa shape index (κ1) is 15.8. The Bertz CT molecular complexity index is 307. The number of hydrogen-bond acceptors (Lipinski definition) is 3. The van der Waals surface area contributed by atoms with Gasteiger partial charge >= 0.3 is 0 Å². The van der Waals surface area contributed by atoms with Crippen LogP contribution in [0.3, 0.4) is 0 Å². The Labute approximate surface area is 123 Å². The van der Waals surface area contributed by atoms with Gasteiger partial charge in [-0.1, -0.05) is 6.92 Å². The number of hydrogen-bond donors (Lipinski definition) is 2. The molecule has 0 radical (unpaired) electrons. The fourth-order valence-electron chi connectivity index (χ4n) is 3.45. The molecule has 0 aromatic carbocycles. The molecule has 0 bridgehead atoms. The molecule has 1 amide bonds. The minimum Gasteiger partial charge on any atom is -0.352 e. The minimum atomic E-state index is 0.0153. The molecule has 2 saturated heterocycles. The van der Waals surface area contributed by atoms with Crippen molar-refractivity contribution in [3.05, 3.63) is 0 Å². The molecule has 20 heavy (non-hydrogen) atoms. The predicted molar refractivity (Wildman–Crippen MR) is 82.7 cm³/mol. The van der Waals surface area contributed by atoms with Crippen LogP contribution < -0.4 is 10.6 Å². The molecule has 2 N–H and O–H groups in total. The fourth-order valence-corrected chi connectivity index (χ4v) is 3.45. The number of carbonyl (C=O) groups is 1. The monoisotopic (exact) mass is 281 g/mol. The summed E-state index contributed by atoms with van der Waals surface area (Å²) in [6.07, 6.45) is 6.14. The standard InChI is InChI=1S/C16H31N3O/c1-4-12(2)18-16(20)13(3)19-10-7-14(8-11-19)15-6-5-9-17-15/h12-15,17H,4-11H2,1-3H3,(H,18,20). The molecule has 116 valence electrons. The number of rotatable bonds is 5. The molecule has 0 aromatic rings. The second-order valence-electron chi connectivity index (χ2n) is 6.57. The average Bonchev–Trinajstić information content (AvgIpc) is 3.00. The molecule has 2 aliphatic heterocycles. The first-order chi connectivity index (χ1) is 9.61. The van der Waals surface area contributed by atoms with E-state index in [4.69, 9.17) is 0 Å². The summed E-state index contributed by atoms with van der Waals surface area (Å²) in [6, 6.07) is 1.04. The van der Waals surface area contributed by atoms with Crippen LogP contribution in [0.2, 0.25) is 0 Å². The van der Waals surface area contributed by atoms with Crippen molar-refractivity contribution in [1.29, 1.82) is 0 Å². The van der Waals surface area contributed by atoms with E-state index in [9.17, 15) is 4.79 Å². The zero-order chi connectivity index (χ0) is 14.5. The van der Waals surface area contributed by atoms with Crippen molar-refractivity contribution in [1.82, 2.24) is 15.5 Å². The molecule has 0 aliphatic carbocycles. The van der Waals surface area contributed by atoms with Gasteiger partial charge in [0, 0.05) is 12.1 Å². The summed E-state index contributed by atoms with van der Waals surface area (Å²) >= 11 is 0. The van der Waals surface area contributed by atoms with Gasteiger partial charge < -0.3 is 10.6 Å². The molecular formula is C16H31N3O. The van der Waals surface area contributed by atoms with Gasteiger partial charge in [-0.3, -0.25) is 9.69 Å². The van der Waals surface area contributed by atoms with Crippen LogP contribution >= 0.6 is 0 Å². The number of likely N-dealkylation sites (tertiary alicyclic amines) is 1. The van der Waals surface area contributed by atoms with E-state index < -0.39 is 0 Å². The Morgan fingerprint density at radius 1 is 1.30 bits per heavy atom. The third kappa shape index (κ3) is 3.95. The van der Waals surface area contributed by atoms with Crippen molar-refractivity contribution in [2.75, 3.05) is 19.6 Å². The Morgan fingerprint density at radius 3 is 2.55 bits per heavy atom. The van der Waals surface area contributed by atoms with Crippen molar-refractivity contribution in [3.8, 4) is 0 Å². The molecule has 2 heterocycles. The van der Waals surface area contributed by atoms with Crippen LogP contribution in [0.1, 0.15) is 52.9 Å². The molecule has 0 spiro atoms. The second-order valence-corrected chi connectivity index (χ2v) is 6.57. The van der Waals surface area contributed by atoms with Crippen LogP contribution in [0.4, 0.5) is 0 Å². The van der Waals surface area contributed by atoms with E-state index in [0.717, 1.165) is 31.5 Å². The number of carbonyl (C=O) groups excluding carboxylic acids is 1. The van der Waals surface area contributed by atoms with Gasteiger partial charge in [0.05, 0.1) is 6.04 Å². The van der Waals surface area contributed by atoms with Gasteiger partial charge in [0.25, 0.3) is 0 Å². The van der Waals surface area contributed by atoms with E-state index in [-0.39, 0.29) is 18.0 Å². The van der Waals surface area contributed by atoms with Crippen LogP contribution in [0, 0.1) is 5.92 Å². The highest BCUT2D eigenvalue weighted by Crippen LogP contribution is 2.26. The molecule has 4 nitrogen and oxygen atoms in total. The summed E-state index contributed by atoms with van der Waals surface area (Å²) in [4.78, 5) is 14.5. The SMILES string of the molecule is CCC(C)NC(=O)C(C)N1CCC(C2CCCN2)CC1. The average molecular weight is 281 g/mol. The predicted octanol–water partition coefficient (Wildman–Crippen LogP) is 1.75. The van der Waals surface area contributed by atoms with Gasteiger partial charge in [0.1, 0.15) is 0 Å². The van der Waals surface area contributed by atoms with E-state index in [1.54, 1.807) is 0 Å². The summed E-state index contributed by atoms with van der Waals surface area (Å²) in [5.41, 5.74) is 0. The lowest BCUT2D eigenvalue weighted by atomic mass is 9.88. The minimum absolute atomic E-state index is 0.0153. The number of piperidine rings is 1. The van der Waals surface area contributed by atoms with E-state index in [1.807, 2.05) is 6.92 Å². The topological polar surface area (TPSA) is 44.4 Å². The lowest BCUT2D eigenvalue weighted by molar-refractivity contribution is -0.127. The van der Waals surface area contributed by atoms with Crippen LogP contribution in [0.5, 0.6) is 0 Å². The highest BCUT2D eigenvalue weighted by molar-refractivity contribution is 5.81. The van der Waals surface area contributed by atoms with Gasteiger partial charge in [0.2, 0.25) is 5.91 Å². The Kier molecular flexibility index (Phi) is 5.85. The molecular weight excluding hydrogens is 250 g/mol. The van der Waals surface area contributed by atoms with Crippen molar-refractivity contribution >= 4 is 5.91 Å². The summed E-state index contributed by atoms with van der Waals surface area (Å²) in [6.45, 7) is 9.55. The summed E-state index contributed by atoms with van der Waals surface area (Å²) < 4.78 is 0. The van der Waals surface area contributed by atoms with E-state index in [2.05, 4.69) is 29.4 Å². The summed E-state index contributed by atoms with van der Waals surface area (Å²) in [5, 5.41) is 6.73.